The minimum absolute atomic E-state index is 0.271. The summed E-state index contributed by atoms with van der Waals surface area (Å²) in [7, 11) is 0. The van der Waals surface area contributed by atoms with Gasteiger partial charge in [0.2, 0.25) is 0 Å². The van der Waals surface area contributed by atoms with Crippen molar-refractivity contribution in [2.75, 3.05) is 5.73 Å². The summed E-state index contributed by atoms with van der Waals surface area (Å²) in [6.45, 7) is 0. The van der Waals surface area contributed by atoms with Crippen LogP contribution >= 0.6 is 11.3 Å². The SMILES string of the molecule is Nc1sccc1-c1nc2c(F)cccc2n1C1CC1. The van der Waals surface area contributed by atoms with E-state index in [9.17, 15) is 4.39 Å². The molecule has 1 aliphatic carbocycles. The molecule has 2 heterocycles. The van der Waals surface area contributed by atoms with E-state index in [0.29, 0.717) is 11.6 Å². The van der Waals surface area contributed by atoms with Crippen molar-refractivity contribution in [2.45, 2.75) is 18.9 Å². The highest BCUT2D eigenvalue weighted by atomic mass is 32.1. The van der Waals surface area contributed by atoms with Gasteiger partial charge in [-0.15, -0.1) is 11.3 Å². The third-order valence-electron chi connectivity index (χ3n) is 3.52. The highest BCUT2D eigenvalue weighted by molar-refractivity contribution is 7.14. The largest absolute Gasteiger partial charge is 0.390 e. The maximum atomic E-state index is 13.9. The van der Waals surface area contributed by atoms with Crippen molar-refractivity contribution in [3.63, 3.8) is 0 Å². The molecule has 0 aliphatic heterocycles. The Bertz CT molecular complexity index is 770. The van der Waals surface area contributed by atoms with E-state index in [0.717, 1.165) is 34.7 Å². The molecule has 19 heavy (non-hydrogen) atoms. The van der Waals surface area contributed by atoms with Crippen molar-refractivity contribution in [3.8, 4) is 11.4 Å². The molecule has 0 radical (unpaired) electrons. The molecule has 0 atom stereocenters. The van der Waals surface area contributed by atoms with E-state index in [2.05, 4.69) is 9.55 Å². The zero-order valence-corrected chi connectivity index (χ0v) is 11.0. The number of halogens is 1. The van der Waals surface area contributed by atoms with Gasteiger partial charge in [-0.1, -0.05) is 6.07 Å². The second-order valence-corrected chi connectivity index (χ2v) is 5.79. The summed E-state index contributed by atoms with van der Waals surface area (Å²) in [5.74, 6) is 0.522. The third kappa shape index (κ3) is 1.58. The van der Waals surface area contributed by atoms with E-state index in [1.807, 2.05) is 17.5 Å². The Labute approximate surface area is 113 Å². The molecule has 1 fully saturated rings. The van der Waals surface area contributed by atoms with Gasteiger partial charge in [-0.05, 0) is 36.4 Å². The maximum absolute atomic E-state index is 13.9. The zero-order valence-electron chi connectivity index (χ0n) is 10.1. The van der Waals surface area contributed by atoms with Crippen LogP contribution < -0.4 is 5.73 Å². The van der Waals surface area contributed by atoms with Gasteiger partial charge < -0.3 is 10.3 Å². The number of imidazole rings is 1. The van der Waals surface area contributed by atoms with Crippen molar-refractivity contribution in [2.24, 2.45) is 0 Å². The number of nitrogens with two attached hydrogens (primary N) is 1. The van der Waals surface area contributed by atoms with E-state index >= 15 is 0 Å². The molecule has 0 spiro atoms. The second-order valence-electron chi connectivity index (χ2n) is 4.84. The fraction of sp³-hybridized carbons (Fsp3) is 0.214. The van der Waals surface area contributed by atoms with Crippen molar-refractivity contribution in [3.05, 3.63) is 35.5 Å². The molecule has 96 valence electrons. The fourth-order valence-corrected chi connectivity index (χ4v) is 3.12. The van der Waals surface area contributed by atoms with Gasteiger partial charge in [0.15, 0.2) is 5.82 Å². The van der Waals surface area contributed by atoms with Gasteiger partial charge in [0.05, 0.1) is 16.1 Å². The number of nitrogen functional groups attached to an aromatic ring is 1. The Morgan fingerprint density at radius 3 is 2.84 bits per heavy atom. The number of rotatable bonds is 2. The van der Waals surface area contributed by atoms with Gasteiger partial charge in [0.25, 0.3) is 0 Å². The minimum Gasteiger partial charge on any atom is -0.390 e. The Kier molecular flexibility index (Phi) is 2.20. The Morgan fingerprint density at radius 1 is 1.32 bits per heavy atom. The summed E-state index contributed by atoms with van der Waals surface area (Å²) in [5, 5.41) is 2.68. The predicted molar refractivity (Wildman–Crippen MR) is 75.7 cm³/mol. The molecule has 1 aliphatic rings. The summed E-state index contributed by atoms with van der Waals surface area (Å²) in [6.07, 6.45) is 2.25. The Balaban J connectivity index is 2.07. The zero-order chi connectivity index (χ0) is 13.0. The lowest BCUT2D eigenvalue weighted by molar-refractivity contribution is 0.637. The van der Waals surface area contributed by atoms with E-state index in [4.69, 9.17) is 5.73 Å². The van der Waals surface area contributed by atoms with Crippen LogP contribution in [0.1, 0.15) is 18.9 Å². The summed E-state index contributed by atoms with van der Waals surface area (Å²) >= 11 is 1.48. The number of aromatic nitrogens is 2. The lowest BCUT2D eigenvalue weighted by Gasteiger charge is -2.06. The molecule has 0 bridgehead atoms. The van der Waals surface area contributed by atoms with Gasteiger partial charge >= 0.3 is 0 Å². The molecule has 5 heteroatoms. The molecule has 2 aromatic heterocycles. The number of hydrogen-bond acceptors (Lipinski definition) is 3. The number of para-hydroxylation sites is 1. The van der Waals surface area contributed by atoms with Crippen LogP contribution in [0.25, 0.3) is 22.4 Å². The number of fused-ring (bicyclic) bond motifs is 1. The number of thiophene rings is 1. The van der Waals surface area contributed by atoms with Gasteiger partial charge in [-0.2, -0.15) is 0 Å². The molecule has 3 nitrogen and oxygen atoms in total. The van der Waals surface area contributed by atoms with Crippen LogP contribution in [0.3, 0.4) is 0 Å². The number of nitrogens with zero attached hydrogens (tertiary/aromatic N) is 2. The van der Waals surface area contributed by atoms with Gasteiger partial charge in [0, 0.05) is 6.04 Å². The first-order valence-corrected chi connectivity index (χ1v) is 7.13. The van der Waals surface area contributed by atoms with Crippen LogP contribution in [0.5, 0.6) is 0 Å². The average molecular weight is 273 g/mol. The summed E-state index contributed by atoms with van der Waals surface area (Å²) in [5.41, 5.74) is 8.21. The average Bonchev–Trinajstić information content (AvgIpc) is 3.02. The summed E-state index contributed by atoms with van der Waals surface area (Å²) in [6, 6.07) is 7.50. The lowest BCUT2D eigenvalue weighted by atomic mass is 10.3. The molecule has 4 rings (SSSR count). The number of anilines is 1. The lowest BCUT2D eigenvalue weighted by Crippen LogP contribution is -1.98. The van der Waals surface area contributed by atoms with Crippen LogP contribution in [0.2, 0.25) is 0 Å². The van der Waals surface area contributed by atoms with E-state index in [1.165, 1.54) is 17.4 Å². The highest BCUT2D eigenvalue weighted by Crippen LogP contribution is 2.43. The van der Waals surface area contributed by atoms with Crippen molar-refractivity contribution >= 4 is 27.4 Å². The van der Waals surface area contributed by atoms with Crippen molar-refractivity contribution < 1.29 is 4.39 Å². The van der Waals surface area contributed by atoms with E-state index in [-0.39, 0.29) is 5.82 Å². The quantitative estimate of drug-likeness (QED) is 0.771. The van der Waals surface area contributed by atoms with Crippen LogP contribution in [-0.4, -0.2) is 9.55 Å². The molecule has 1 aromatic carbocycles. The van der Waals surface area contributed by atoms with Gasteiger partial charge in [0.1, 0.15) is 11.3 Å². The molecular formula is C14H12FN3S. The van der Waals surface area contributed by atoms with Gasteiger partial charge in [-0.25, -0.2) is 9.37 Å². The summed E-state index contributed by atoms with van der Waals surface area (Å²) in [4.78, 5) is 4.49. The first-order valence-electron chi connectivity index (χ1n) is 6.25. The predicted octanol–water partition coefficient (Wildman–Crippen LogP) is 3.82. The van der Waals surface area contributed by atoms with Crippen LogP contribution in [0.15, 0.2) is 29.6 Å². The smallest absolute Gasteiger partial charge is 0.151 e. The second kappa shape index (κ2) is 3.81. The summed E-state index contributed by atoms with van der Waals surface area (Å²) < 4.78 is 16.0. The Hall–Kier alpha value is -1.88. The Morgan fingerprint density at radius 2 is 2.16 bits per heavy atom. The van der Waals surface area contributed by atoms with Crippen LogP contribution in [-0.2, 0) is 0 Å². The van der Waals surface area contributed by atoms with Gasteiger partial charge in [-0.3, -0.25) is 0 Å². The molecule has 1 saturated carbocycles. The van der Waals surface area contributed by atoms with E-state index in [1.54, 1.807) is 6.07 Å². The molecule has 0 saturated heterocycles. The molecule has 0 amide bonds. The molecule has 3 aromatic rings. The normalized spacial score (nSPS) is 15.2. The third-order valence-corrected chi connectivity index (χ3v) is 4.27. The molecule has 0 unspecified atom stereocenters. The number of hydrogen-bond donors (Lipinski definition) is 1. The fourth-order valence-electron chi connectivity index (χ4n) is 2.48. The maximum Gasteiger partial charge on any atom is 0.151 e. The minimum atomic E-state index is -0.271. The first-order chi connectivity index (χ1) is 9.25. The van der Waals surface area contributed by atoms with Crippen molar-refractivity contribution in [1.29, 1.82) is 0 Å². The van der Waals surface area contributed by atoms with Crippen molar-refractivity contribution in [1.82, 2.24) is 9.55 Å². The standard InChI is InChI=1S/C14H12FN3S/c15-10-2-1-3-11-12(10)17-14(18(11)8-4-5-8)9-6-7-19-13(9)16/h1-3,6-8H,4-5,16H2. The van der Waals surface area contributed by atoms with E-state index < -0.39 is 0 Å². The molecular weight excluding hydrogens is 261 g/mol. The highest BCUT2D eigenvalue weighted by Gasteiger charge is 2.30. The first kappa shape index (κ1) is 11.0. The van der Waals surface area contributed by atoms with Crippen LogP contribution in [0, 0.1) is 5.82 Å². The topological polar surface area (TPSA) is 43.8 Å². The monoisotopic (exact) mass is 273 g/mol. The number of benzene rings is 1. The van der Waals surface area contributed by atoms with Crippen LogP contribution in [0.4, 0.5) is 9.39 Å². The molecule has 2 N–H and O–H groups in total.